The summed E-state index contributed by atoms with van der Waals surface area (Å²) in [6, 6.07) is 15.7. The van der Waals surface area contributed by atoms with E-state index in [2.05, 4.69) is 34.9 Å². The highest BCUT2D eigenvalue weighted by Crippen LogP contribution is 2.44. The van der Waals surface area contributed by atoms with Crippen LogP contribution in [0, 0.1) is 17.3 Å². The van der Waals surface area contributed by atoms with Gasteiger partial charge in [-0.1, -0.05) is 76.2 Å². The fourth-order valence-corrected chi connectivity index (χ4v) is 4.55. The van der Waals surface area contributed by atoms with Crippen molar-refractivity contribution in [3.63, 3.8) is 0 Å². The number of carboxylic acids is 1. The maximum Gasteiger partial charge on any atom is 0.407 e. The highest BCUT2D eigenvalue weighted by atomic mass is 16.5. The Hall–Kier alpha value is -3.35. The number of hydrogen-bond donors (Lipinski definition) is 3. The molecule has 3 unspecified atom stereocenters. The molecule has 1 aliphatic rings. The Labute approximate surface area is 207 Å². The van der Waals surface area contributed by atoms with Gasteiger partial charge in [-0.15, -0.1) is 0 Å². The van der Waals surface area contributed by atoms with Gasteiger partial charge in [0.25, 0.3) is 0 Å². The first-order valence-electron chi connectivity index (χ1n) is 12.1. The quantitative estimate of drug-likeness (QED) is 0.478. The maximum atomic E-state index is 12.6. The number of carboxylic acid groups (broad SMARTS) is 1. The molecule has 188 valence electrons. The minimum Gasteiger partial charge on any atom is -0.481 e. The van der Waals surface area contributed by atoms with Crippen molar-refractivity contribution < 1.29 is 24.2 Å². The average molecular weight is 481 g/mol. The van der Waals surface area contributed by atoms with E-state index in [1.54, 1.807) is 13.8 Å². The molecule has 0 aromatic heterocycles. The van der Waals surface area contributed by atoms with Crippen molar-refractivity contribution in [2.45, 2.75) is 53.0 Å². The first-order valence-corrected chi connectivity index (χ1v) is 12.1. The fourth-order valence-electron chi connectivity index (χ4n) is 4.55. The van der Waals surface area contributed by atoms with Crippen molar-refractivity contribution in [2.75, 3.05) is 13.2 Å². The summed E-state index contributed by atoms with van der Waals surface area (Å²) in [5.74, 6) is -2.51. The van der Waals surface area contributed by atoms with Gasteiger partial charge in [-0.25, -0.2) is 4.79 Å². The van der Waals surface area contributed by atoms with Crippen LogP contribution in [0.4, 0.5) is 4.79 Å². The average Bonchev–Trinajstić information content (AvgIpc) is 3.12. The number of alkyl carbamates (subject to hydrolysis) is 1. The van der Waals surface area contributed by atoms with Gasteiger partial charge in [0.05, 0.1) is 11.8 Å². The molecule has 0 bridgehead atoms. The Morgan fingerprint density at radius 3 is 2.03 bits per heavy atom. The van der Waals surface area contributed by atoms with E-state index in [4.69, 9.17) is 4.74 Å². The van der Waals surface area contributed by atoms with Crippen LogP contribution in [-0.4, -0.2) is 42.3 Å². The van der Waals surface area contributed by atoms with E-state index in [0.29, 0.717) is 6.42 Å². The van der Waals surface area contributed by atoms with Crippen molar-refractivity contribution >= 4 is 18.0 Å². The van der Waals surface area contributed by atoms with Crippen LogP contribution in [0.5, 0.6) is 0 Å². The van der Waals surface area contributed by atoms with Crippen molar-refractivity contribution in [1.82, 2.24) is 10.6 Å². The number of ether oxygens (including phenoxy) is 1. The summed E-state index contributed by atoms with van der Waals surface area (Å²) in [5.41, 5.74) is 4.40. The third-order valence-corrected chi connectivity index (χ3v) is 6.58. The molecule has 0 spiro atoms. The molecule has 0 aliphatic heterocycles. The number of benzene rings is 2. The van der Waals surface area contributed by atoms with Crippen LogP contribution >= 0.6 is 0 Å². The summed E-state index contributed by atoms with van der Waals surface area (Å²) in [7, 11) is 0. The maximum absolute atomic E-state index is 12.6. The minimum absolute atomic E-state index is 0.0417. The molecule has 3 rings (SSSR count). The van der Waals surface area contributed by atoms with Crippen molar-refractivity contribution in [3.8, 4) is 11.1 Å². The number of aliphatic carboxylic acids is 1. The van der Waals surface area contributed by atoms with Crippen LogP contribution < -0.4 is 10.6 Å². The van der Waals surface area contributed by atoms with E-state index in [1.807, 2.05) is 45.0 Å². The predicted molar refractivity (Wildman–Crippen MR) is 135 cm³/mol. The number of fused-ring (bicyclic) bond motifs is 3. The molecule has 2 aromatic rings. The molecule has 7 heteroatoms. The molecule has 0 fully saturated rings. The first kappa shape index (κ1) is 26.3. The number of carbonyl (C=O) groups excluding carboxylic acids is 2. The second-order valence-corrected chi connectivity index (χ2v) is 10.6. The fraction of sp³-hybridized carbons (Fsp3) is 0.464. The Balaban J connectivity index is 1.52. The highest BCUT2D eigenvalue weighted by Gasteiger charge is 2.30. The predicted octanol–water partition coefficient (Wildman–Crippen LogP) is 4.80. The number of rotatable bonds is 9. The molecular weight excluding hydrogens is 444 g/mol. The molecular formula is C28H36N2O5. The molecule has 7 nitrogen and oxygen atoms in total. The Morgan fingerprint density at radius 2 is 1.51 bits per heavy atom. The van der Waals surface area contributed by atoms with Gasteiger partial charge in [-0.2, -0.15) is 0 Å². The van der Waals surface area contributed by atoms with Gasteiger partial charge in [0, 0.05) is 18.5 Å². The minimum atomic E-state index is -0.933. The van der Waals surface area contributed by atoms with Crippen molar-refractivity contribution in [1.29, 1.82) is 0 Å². The lowest BCUT2D eigenvalue weighted by Gasteiger charge is -2.25. The van der Waals surface area contributed by atoms with Gasteiger partial charge in [0.15, 0.2) is 0 Å². The summed E-state index contributed by atoms with van der Waals surface area (Å²) in [4.78, 5) is 36.7. The third kappa shape index (κ3) is 6.62. The highest BCUT2D eigenvalue weighted by molar-refractivity contribution is 5.81. The third-order valence-electron chi connectivity index (χ3n) is 6.58. The van der Waals surface area contributed by atoms with Crippen LogP contribution in [-0.2, 0) is 14.3 Å². The van der Waals surface area contributed by atoms with Gasteiger partial charge in [-0.3, -0.25) is 9.59 Å². The summed E-state index contributed by atoms with van der Waals surface area (Å²) in [6.45, 7) is 9.57. The van der Waals surface area contributed by atoms with E-state index >= 15 is 0 Å². The monoisotopic (exact) mass is 480 g/mol. The first-order chi connectivity index (χ1) is 16.5. The lowest BCUT2D eigenvalue weighted by Crippen LogP contribution is -2.46. The number of carbonyl (C=O) groups is 3. The topological polar surface area (TPSA) is 105 Å². The Morgan fingerprint density at radius 1 is 0.971 bits per heavy atom. The SMILES string of the molecule is CC(NC(=O)OCC1c2ccccc2-c2ccccc21)C(C)C(=O)NCC(CC(C)(C)C)C(=O)O. The lowest BCUT2D eigenvalue weighted by atomic mass is 9.84. The molecule has 2 amide bonds. The van der Waals surface area contributed by atoms with Crippen LogP contribution in [0.25, 0.3) is 11.1 Å². The molecule has 3 N–H and O–H groups in total. The van der Waals surface area contributed by atoms with Crippen molar-refractivity contribution in [3.05, 3.63) is 59.7 Å². The van der Waals surface area contributed by atoms with Crippen molar-refractivity contribution in [2.24, 2.45) is 17.3 Å². The van der Waals surface area contributed by atoms with Crippen LogP contribution in [0.3, 0.4) is 0 Å². The van der Waals surface area contributed by atoms with E-state index in [1.165, 1.54) is 0 Å². The largest absolute Gasteiger partial charge is 0.481 e. The number of amides is 2. The molecule has 0 radical (unpaired) electrons. The normalized spacial score (nSPS) is 15.3. The summed E-state index contributed by atoms with van der Waals surface area (Å²) in [5, 5.41) is 14.9. The Bertz CT molecular complexity index is 1030. The number of nitrogens with one attached hydrogen (secondary N) is 2. The molecule has 35 heavy (non-hydrogen) atoms. The zero-order valence-electron chi connectivity index (χ0n) is 21.1. The van der Waals surface area contributed by atoms with E-state index in [-0.39, 0.29) is 30.4 Å². The van der Waals surface area contributed by atoms with Crippen LogP contribution in [0.15, 0.2) is 48.5 Å². The lowest BCUT2D eigenvalue weighted by molar-refractivity contribution is -0.142. The van der Waals surface area contributed by atoms with Gasteiger partial charge in [-0.05, 0) is 41.0 Å². The van der Waals surface area contributed by atoms with E-state index in [9.17, 15) is 19.5 Å². The second kappa shape index (κ2) is 10.9. The second-order valence-electron chi connectivity index (χ2n) is 10.6. The molecule has 0 saturated carbocycles. The molecule has 3 atom stereocenters. The molecule has 0 heterocycles. The van der Waals surface area contributed by atoms with Gasteiger partial charge < -0.3 is 20.5 Å². The van der Waals surface area contributed by atoms with Gasteiger partial charge in [0.2, 0.25) is 5.91 Å². The zero-order chi connectivity index (χ0) is 25.8. The molecule has 2 aromatic carbocycles. The van der Waals surface area contributed by atoms with Gasteiger partial charge >= 0.3 is 12.1 Å². The molecule has 0 saturated heterocycles. The summed E-state index contributed by atoms with van der Waals surface area (Å²) < 4.78 is 5.57. The smallest absolute Gasteiger partial charge is 0.407 e. The van der Waals surface area contributed by atoms with Gasteiger partial charge in [0.1, 0.15) is 6.61 Å². The standard InChI is InChI=1S/C28H36N2O5/c1-17(25(31)29-15-19(26(32)33)14-28(3,4)5)18(2)30-27(34)35-16-24-22-12-8-6-10-20(22)21-11-7-9-13-23(21)24/h6-13,17-19,24H,14-16H2,1-5H3,(H,29,31)(H,30,34)(H,32,33). The van der Waals surface area contributed by atoms with Crippen LogP contribution in [0.2, 0.25) is 0 Å². The molecule has 1 aliphatic carbocycles. The number of hydrogen-bond acceptors (Lipinski definition) is 4. The summed E-state index contributed by atoms with van der Waals surface area (Å²) >= 11 is 0. The summed E-state index contributed by atoms with van der Waals surface area (Å²) in [6.07, 6.45) is -0.139. The van der Waals surface area contributed by atoms with E-state index in [0.717, 1.165) is 22.3 Å². The zero-order valence-corrected chi connectivity index (χ0v) is 21.1. The Kier molecular flexibility index (Phi) is 8.20. The van der Waals surface area contributed by atoms with Crippen LogP contribution in [0.1, 0.15) is 58.1 Å². The van der Waals surface area contributed by atoms with E-state index < -0.39 is 29.9 Å².